The first kappa shape index (κ1) is 24.6. The van der Waals surface area contributed by atoms with E-state index in [1.165, 1.54) is 0 Å². The van der Waals surface area contributed by atoms with Crippen LogP contribution in [0.15, 0.2) is 35.3 Å². The average molecular weight is 538 g/mol. The van der Waals surface area contributed by atoms with Gasteiger partial charge in [0.25, 0.3) is 5.91 Å². The Balaban J connectivity index is 0.00000392. The fraction of sp³-hybridized carbons (Fsp3) is 0.368. The summed E-state index contributed by atoms with van der Waals surface area (Å²) < 4.78 is 1.83. The van der Waals surface area contributed by atoms with Crippen molar-refractivity contribution in [2.75, 3.05) is 13.1 Å². The van der Waals surface area contributed by atoms with Gasteiger partial charge in [-0.1, -0.05) is 35.3 Å². The zero-order valence-corrected chi connectivity index (χ0v) is 20.0. The zero-order chi connectivity index (χ0) is 19.8. The third kappa shape index (κ3) is 6.86. The molecule has 0 radical (unpaired) electrons. The molecule has 0 atom stereocenters. The highest BCUT2D eigenvalue weighted by Gasteiger charge is 2.09. The first-order chi connectivity index (χ1) is 13.0. The predicted molar refractivity (Wildman–Crippen MR) is 127 cm³/mol. The molecule has 6 nitrogen and oxygen atoms in total. The molecular formula is C19H26Cl2IN5O. The highest BCUT2D eigenvalue weighted by atomic mass is 127. The van der Waals surface area contributed by atoms with Crippen LogP contribution >= 0.6 is 47.2 Å². The van der Waals surface area contributed by atoms with Gasteiger partial charge in [0.2, 0.25) is 0 Å². The first-order valence-electron chi connectivity index (χ1n) is 8.85. The summed E-state index contributed by atoms with van der Waals surface area (Å²) >= 11 is 12.2. The number of hydrogen-bond donors (Lipinski definition) is 3. The Bertz CT molecular complexity index is 823. The van der Waals surface area contributed by atoms with E-state index in [0.29, 0.717) is 41.3 Å². The molecule has 0 fully saturated rings. The van der Waals surface area contributed by atoms with E-state index in [-0.39, 0.29) is 29.9 Å². The molecule has 1 aromatic heterocycles. The molecule has 0 unspecified atom stereocenters. The van der Waals surface area contributed by atoms with E-state index in [4.69, 9.17) is 23.2 Å². The van der Waals surface area contributed by atoms with Crippen LogP contribution in [0.3, 0.4) is 0 Å². The summed E-state index contributed by atoms with van der Waals surface area (Å²) in [7, 11) is 1.86. The summed E-state index contributed by atoms with van der Waals surface area (Å²) in [6.07, 6.45) is 0. The summed E-state index contributed by atoms with van der Waals surface area (Å²) in [4.78, 5) is 16.6. The van der Waals surface area contributed by atoms with Crippen molar-refractivity contribution in [3.63, 3.8) is 0 Å². The number of aliphatic imine (C=N–C) groups is 1. The van der Waals surface area contributed by atoms with E-state index in [1.54, 1.807) is 6.07 Å². The number of carbonyl (C=O) groups is 1. The normalized spacial score (nSPS) is 11.0. The molecule has 0 aliphatic carbocycles. The Labute approximate surface area is 193 Å². The number of nitrogens with zero attached hydrogens (tertiary/aromatic N) is 2. The molecule has 1 amide bonds. The highest BCUT2D eigenvalue weighted by molar-refractivity contribution is 14.0. The van der Waals surface area contributed by atoms with Crippen LogP contribution in [0.25, 0.3) is 0 Å². The first-order valence-corrected chi connectivity index (χ1v) is 9.60. The second kappa shape index (κ2) is 12.2. The number of amides is 1. The number of guanidine groups is 1. The Morgan fingerprint density at radius 1 is 1.11 bits per heavy atom. The molecule has 28 heavy (non-hydrogen) atoms. The minimum atomic E-state index is -0.0779. The molecule has 1 aromatic carbocycles. The molecule has 1 heterocycles. The van der Waals surface area contributed by atoms with Gasteiger partial charge in [-0.2, -0.15) is 0 Å². The highest BCUT2D eigenvalue weighted by Crippen LogP contribution is 2.24. The van der Waals surface area contributed by atoms with Crippen LogP contribution in [0.2, 0.25) is 10.2 Å². The number of carbonyl (C=O) groups excluding carboxylic acids is 1. The lowest BCUT2D eigenvalue weighted by Crippen LogP contribution is -2.37. The summed E-state index contributed by atoms with van der Waals surface area (Å²) in [6.45, 7) is 6.23. The van der Waals surface area contributed by atoms with Crippen molar-refractivity contribution in [2.24, 2.45) is 12.0 Å². The van der Waals surface area contributed by atoms with E-state index in [2.05, 4.69) is 20.9 Å². The van der Waals surface area contributed by atoms with Gasteiger partial charge in [-0.25, -0.2) is 4.99 Å². The third-order valence-electron chi connectivity index (χ3n) is 3.94. The van der Waals surface area contributed by atoms with Crippen molar-refractivity contribution in [1.29, 1.82) is 0 Å². The van der Waals surface area contributed by atoms with Crippen LogP contribution < -0.4 is 16.0 Å². The Morgan fingerprint density at radius 3 is 2.43 bits per heavy atom. The van der Waals surface area contributed by atoms with Crippen molar-refractivity contribution in [3.8, 4) is 0 Å². The minimum Gasteiger partial charge on any atom is -0.357 e. The number of aromatic nitrogens is 1. The fourth-order valence-corrected chi connectivity index (χ4v) is 2.93. The van der Waals surface area contributed by atoms with Crippen LogP contribution in [-0.2, 0) is 20.1 Å². The molecule has 0 aliphatic rings. The van der Waals surface area contributed by atoms with Crippen LogP contribution in [0, 0.1) is 0 Å². The van der Waals surface area contributed by atoms with E-state index in [1.807, 2.05) is 49.7 Å². The molecule has 154 valence electrons. The Morgan fingerprint density at radius 2 is 1.82 bits per heavy atom. The summed E-state index contributed by atoms with van der Waals surface area (Å²) in [5.41, 5.74) is 2.55. The standard InChI is InChI=1S/C19H25Cl2N5O.HI/c1-4-22-18(27)14-8-6-7-13(9-14)11-24-19(23-5-2)25-12-15-10-16(20)17(21)26(15)3;/h6-10H,4-5,11-12H2,1-3H3,(H,22,27)(H2,23,24,25);1H. The van der Waals surface area contributed by atoms with E-state index < -0.39 is 0 Å². The smallest absolute Gasteiger partial charge is 0.251 e. The molecule has 2 aromatic rings. The SMILES string of the molecule is CCNC(=O)c1cccc(CN=C(NCC)NCc2cc(Cl)c(Cl)n2C)c1.I. The number of nitrogens with one attached hydrogen (secondary N) is 3. The lowest BCUT2D eigenvalue weighted by atomic mass is 10.1. The lowest BCUT2D eigenvalue weighted by molar-refractivity contribution is 0.0955. The monoisotopic (exact) mass is 537 g/mol. The molecule has 3 N–H and O–H groups in total. The molecule has 0 spiro atoms. The molecule has 0 saturated carbocycles. The van der Waals surface area contributed by atoms with Crippen molar-refractivity contribution in [3.05, 3.63) is 57.3 Å². The van der Waals surface area contributed by atoms with E-state index in [0.717, 1.165) is 17.8 Å². The topological polar surface area (TPSA) is 70.4 Å². The van der Waals surface area contributed by atoms with Crippen molar-refractivity contribution >= 4 is 59.0 Å². The molecule has 0 aliphatic heterocycles. The minimum absolute atomic E-state index is 0. The van der Waals surface area contributed by atoms with Crippen LogP contribution in [-0.4, -0.2) is 29.5 Å². The largest absolute Gasteiger partial charge is 0.357 e. The summed E-state index contributed by atoms with van der Waals surface area (Å²) in [5, 5.41) is 10.3. The number of benzene rings is 1. The van der Waals surface area contributed by atoms with Gasteiger partial charge in [-0.15, -0.1) is 24.0 Å². The number of halogens is 3. The van der Waals surface area contributed by atoms with E-state index >= 15 is 0 Å². The van der Waals surface area contributed by atoms with Gasteiger partial charge >= 0.3 is 0 Å². The predicted octanol–water partition coefficient (Wildman–Crippen LogP) is 3.95. The van der Waals surface area contributed by atoms with Gasteiger partial charge < -0.3 is 20.5 Å². The van der Waals surface area contributed by atoms with Gasteiger partial charge in [-0.05, 0) is 37.6 Å². The second-order valence-electron chi connectivity index (χ2n) is 5.94. The maximum absolute atomic E-state index is 12.0. The fourth-order valence-electron chi connectivity index (χ4n) is 2.52. The Kier molecular flexibility index (Phi) is 10.7. The second-order valence-corrected chi connectivity index (χ2v) is 6.71. The zero-order valence-electron chi connectivity index (χ0n) is 16.2. The molecule has 0 bridgehead atoms. The maximum Gasteiger partial charge on any atom is 0.251 e. The molecule has 2 rings (SSSR count). The van der Waals surface area contributed by atoms with Gasteiger partial charge in [0.1, 0.15) is 5.15 Å². The van der Waals surface area contributed by atoms with Crippen molar-refractivity contribution < 1.29 is 4.79 Å². The maximum atomic E-state index is 12.0. The number of rotatable bonds is 7. The number of hydrogen-bond acceptors (Lipinski definition) is 2. The van der Waals surface area contributed by atoms with Crippen molar-refractivity contribution in [2.45, 2.75) is 26.9 Å². The van der Waals surface area contributed by atoms with Crippen LogP contribution in [0.1, 0.15) is 35.5 Å². The van der Waals surface area contributed by atoms with Gasteiger partial charge in [0.05, 0.1) is 18.1 Å². The molecule has 9 heteroatoms. The lowest BCUT2D eigenvalue weighted by Gasteiger charge is -2.12. The summed E-state index contributed by atoms with van der Waals surface area (Å²) in [6, 6.07) is 9.30. The summed E-state index contributed by atoms with van der Waals surface area (Å²) in [5.74, 6) is 0.597. The van der Waals surface area contributed by atoms with Gasteiger partial charge in [-0.3, -0.25) is 4.79 Å². The third-order valence-corrected chi connectivity index (χ3v) is 4.79. The van der Waals surface area contributed by atoms with E-state index in [9.17, 15) is 4.79 Å². The molecule has 0 saturated heterocycles. The van der Waals surface area contributed by atoms with Gasteiger partial charge in [0, 0.05) is 31.4 Å². The van der Waals surface area contributed by atoms with Crippen molar-refractivity contribution in [1.82, 2.24) is 20.5 Å². The van der Waals surface area contributed by atoms with Crippen LogP contribution in [0.4, 0.5) is 0 Å². The Hall–Kier alpha value is -1.45. The van der Waals surface area contributed by atoms with Gasteiger partial charge in [0.15, 0.2) is 5.96 Å². The molecular weight excluding hydrogens is 512 g/mol. The average Bonchev–Trinajstić information content (AvgIpc) is 2.91. The van der Waals surface area contributed by atoms with Crippen LogP contribution in [0.5, 0.6) is 0 Å². The quantitative estimate of drug-likeness (QED) is 0.284.